The predicted octanol–water partition coefficient (Wildman–Crippen LogP) is 1.66. The molecule has 1 amide bonds. The number of amides is 1. The quantitative estimate of drug-likeness (QED) is 0.587. The number of anilines is 2. The number of piperazine rings is 1. The van der Waals surface area contributed by atoms with E-state index in [1.165, 1.54) is 0 Å². The van der Waals surface area contributed by atoms with Gasteiger partial charge in [-0.2, -0.15) is 31.4 Å². The minimum Gasteiger partial charge on any atom is -0.363 e. The number of alkyl halides is 6. The molecule has 2 bridgehead atoms. The van der Waals surface area contributed by atoms with Crippen molar-refractivity contribution in [3.63, 3.8) is 0 Å². The third kappa shape index (κ3) is 4.22. The van der Waals surface area contributed by atoms with Crippen LogP contribution in [0, 0.1) is 0 Å². The zero-order chi connectivity index (χ0) is 25.9. The molecule has 0 spiro atoms. The van der Waals surface area contributed by atoms with Gasteiger partial charge in [-0.05, 0) is 0 Å². The minimum atomic E-state index is -4.84. The average molecular weight is 519 g/mol. The van der Waals surface area contributed by atoms with Crippen molar-refractivity contribution in [2.75, 3.05) is 43.0 Å². The number of rotatable bonds is 4. The summed E-state index contributed by atoms with van der Waals surface area (Å²) in [6.45, 7) is 1.22. The van der Waals surface area contributed by atoms with Gasteiger partial charge in [0.1, 0.15) is 11.4 Å². The van der Waals surface area contributed by atoms with Gasteiger partial charge < -0.3 is 19.9 Å². The van der Waals surface area contributed by atoms with Crippen LogP contribution in [0.25, 0.3) is 0 Å². The Labute approximate surface area is 198 Å². The van der Waals surface area contributed by atoms with Crippen molar-refractivity contribution in [3.8, 4) is 0 Å². The SMILES string of the molecule is O=c1[nH]nc(N[C@]23CO[C@](C(=O)N4CCN(c5ncc(C(F)(F)F)cn5)CC4)(C2)C3)cc1C(F)(F)F. The second-order valence-corrected chi connectivity index (χ2v) is 9.08. The lowest BCUT2D eigenvalue weighted by molar-refractivity contribution is -0.155. The van der Waals surface area contributed by atoms with Gasteiger partial charge in [0.25, 0.3) is 11.5 Å². The molecule has 4 aliphatic rings. The second kappa shape index (κ2) is 8.04. The highest BCUT2D eigenvalue weighted by molar-refractivity contribution is 5.88. The zero-order valence-electron chi connectivity index (χ0n) is 18.4. The molecule has 0 atom stereocenters. The fourth-order valence-corrected chi connectivity index (χ4v) is 4.84. The van der Waals surface area contributed by atoms with Crippen molar-refractivity contribution in [2.24, 2.45) is 0 Å². The molecule has 2 aromatic heterocycles. The molecule has 16 heteroatoms. The Bertz CT molecular complexity index is 1220. The number of aromatic nitrogens is 4. The van der Waals surface area contributed by atoms with E-state index < -0.39 is 40.2 Å². The lowest BCUT2D eigenvalue weighted by atomic mass is 9.67. The van der Waals surface area contributed by atoms with Gasteiger partial charge in [0.15, 0.2) is 5.60 Å². The van der Waals surface area contributed by atoms with E-state index in [0.29, 0.717) is 31.5 Å². The van der Waals surface area contributed by atoms with Crippen LogP contribution < -0.4 is 15.8 Å². The predicted molar refractivity (Wildman–Crippen MR) is 110 cm³/mol. The maximum absolute atomic E-state index is 13.2. The van der Waals surface area contributed by atoms with E-state index in [9.17, 15) is 35.9 Å². The molecule has 0 aromatic carbocycles. The van der Waals surface area contributed by atoms with Crippen molar-refractivity contribution in [3.05, 3.63) is 39.9 Å². The zero-order valence-corrected chi connectivity index (χ0v) is 18.4. The first kappa shape index (κ1) is 24.3. The molecular weight excluding hydrogens is 500 g/mol. The summed E-state index contributed by atoms with van der Waals surface area (Å²) in [5.41, 5.74) is -5.60. The molecule has 1 aliphatic carbocycles. The Hall–Kier alpha value is -3.43. The van der Waals surface area contributed by atoms with E-state index in [0.717, 1.165) is 0 Å². The number of carbonyl (C=O) groups excluding carboxylic acids is 1. The van der Waals surface area contributed by atoms with E-state index >= 15 is 0 Å². The van der Waals surface area contributed by atoms with Crippen molar-refractivity contribution >= 4 is 17.7 Å². The molecule has 4 fully saturated rings. The molecule has 6 rings (SSSR count). The Kier molecular flexibility index (Phi) is 5.42. The van der Waals surface area contributed by atoms with Gasteiger partial charge in [0, 0.05) is 57.5 Å². The number of hydrogen-bond donors (Lipinski definition) is 2. The van der Waals surface area contributed by atoms with Gasteiger partial charge in [-0.15, -0.1) is 0 Å². The average Bonchev–Trinajstić information content (AvgIpc) is 3.35. The monoisotopic (exact) mass is 519 g/mol. The number of carbonyl (C=O) groups is 1. The number of ether oxygens (including phenoxy) is 1. The topological polar surface area (TPSA) is 116 Å². The minimum absolute atomic E-state index is 0.0697. The highest BCUT2D eigenvalue weighted by Gasteiger charge is 2.67. The number of aromatic amines is 1. The van der Waals surface area contributed by atoms with Crippen LogP contribution in [0.3, 0.4) is 0 Å². The van der Waals surface area contributed by atoms with Gasteiger partial charge in [-0.25, -0.2) is 15.1 Å². The van der Waals surface area contributed by atoms with E-state index in [4.69, 9.17) is 4.74 Å². The summed E-state index contributed by atoms with van der Waals surface area (Å²) in [5, 5.41) is 8.31. The molecule has 36 heavy (non-hydrogen) atoms. The van der Waals surface area contributed by atoms with Crippen molar-refractivity contribution < 1.29 is 35.9 Å². The van der Waals surface area contributed by atoms with Gasteiger partial charge in [-0.1, -0.05) is 0 Å². The Morgan fingerprint density at radius 1 is 1.03 bits per heavy atom. The Morgan fingerprint density at radius 3 is 2.25 bits per heavy atom. The number of hydrogen-bond acceptors (Lipinski definition) is 8. The van der Waals surface area contributed by atoms with Crippen LogP contribution in [-0.2, 0) is 21.9 Å². The summed E-state index contributed by atoms with van der Waals surface area (Å²) in [6.07, 6.45) is -7.54. The molecule has 2 N–H and O–H groups in total. The molecule has 194 valence electrons. The van der Waals surface area contributed by atoms with Gasteiger partial charge >= 0.3 is 12.4 Å². The summed E-state index contributed by atoms with van der Waals surface area (Å²) in [7, 11) is 0. The number of fused-ring (bicyclic) bond motifs is 1. The maximum Gasteiger partial charge on any atom is 0.421 e. The van der Waals surface area contributed by atoms with E-state index in [2.05, 4.69) is 20.4 Å². The van der Waals surface area contributed by atoms with Crippen LogP contribution in [0.2, 0.25) is 0 Å². The smallest absolute Gasteiger partial charge is 0.363 e. The molecule has 1 saturated carbocycles. The normalized spacial score (nSPS) is 26.1. The molecule has 3 saturated heterocycles. The fraction of sp³-hybridized carbons (Fsp3) is 0.550. The van der Waals surface area contributed by atoms with Crippen molar-refractivity contribution in [1.82, 2.24) is 25.1 Å². The first-order chi connectivity index (χ1) is 16.8. The van der Waals surface area contributed by atoms with Crippen LogP contribution in [0.5, 0.6) is 0 Å². The highest BCUT2D eigenvalue weighted by Crippen LogP contribution is 2.54. The summed E-state index contributed by atoms with van der Waals surface area (Å²) in [4.78, 5) is 35.4. The molecular formula is C20H19F6N7O3. The van der Waals surface area contributed by atoms with Gasteiger partial charge in [0.2, 0.25) is 5.95 Å². The van der Waals surface area contributed by atoms with E-state index in [1.54, 1.807) is 9.80 Å². The van der Waals surface area contributed by atoms with Crippen LogP contribution in [0.4, 0.5) is 38.1 Å². The molecule has 0 radical (unpaired) electrons. The van der Waals surface area contributed by atoms with Crippen LogP contribution in [-0.4, -0.2) is 74.9 Å². The lowest BCUT2D eigenvalue weighted by Gasteiger charge is -2.47. The second-order valence-electron chi connectivity index (χ2n) is 9.08. The Morgan fingerprint density at radius 2 is 1.67 bits per heavy atom. The number of nitrogens with one attached hydrogen (secondary N) is 2. The summed E-state index contributed by atoms with van der Waals surface area (Å²) in [5.74, 6) is -0.321. The highest BCUT2D eigenvalue weighted by atomic mass is 19.4. The van der Waals surface area contributed by atoms with Crippen LogP contribution in [0.1, 0.15) is 24.0 Å². The molecule has 2 aromatic rings. The fourth-order valence-electron chi connectivity index (χ4n) is 4.84. The van der Waals surface area contributed by atoms with E-state index in [-0.39, 0.29) is 50.2 Å². The number of halogens is 6. The summed E-state index contributed by atoms with van der Waals surface area (Å²) in [6, 6.07) is 0.621. The standard InChI is InChI=1S/C20H19F6N7O3/c21-19(22,23)11-6-27-16(28-7-11)33-3-1-32(2-4-33)15(35)18-8-17(9-18,10-36-18)29-13-5-12(20(24,25)26)14(34)31-30-13/h5-7H,1-4,8-10H2,(H,29,30)(H,31,34)/t17-,18-. The Balaban J connectivity index is 1.19. The molecule has 10 nitrogen and oxygen atoms in total. The third-order valence-electron chi connectivity index (χ3n) is 6.58. The van der Waals surface area contributed by atoms with Crippen LogP contribution in [0.15, 0.2) is 23.3 Å². The maximum atomic E-state index is 13.2. The van der Waals surface area contributed by atoms with Crippen molar-refractivity contribution in [2.45, 2.75) is 36.3 Å². The van der Waals surface area contributed by atoms with Crippen molar-refractivity contribution in [1.29, 1.82) is 0 Å². The first-order valence-corrected chi connectivity index (χ1v) is 10.8. The number of nitrogens with zero attached hydrogens (tertiary/aromatic N) is 5. The summed E-state index contributed by atoms with van der Waals surface area (Å²) >= 11 is 0. The first-order valence-electron chi connectivity index (χ1n) is 10.8. The van der Waals surface area contributed by atoms with Gasteiger partial charge in [-0.3, -0.25) is 9.59 Å². The molecule has 5 heterocycles. The molecule has 0 unspecified atom stereocenters. The number of H-pyrrole nitrogens is 1. The van der Waals surface area contributed by atoms with Gasteiger partial charge in [0.05, 0.1) is 17.7 Å². The largest absolute Gasteiger partial charge is 0.421 e. The van der Waals surface area contributed by atoms with Crippen LogP contribution >= 0.6 is 0 Å². The summed E-state index contributed by atoms with van der Waals surface area (Å²) < 4.78 is 82.9. The molecule has 3 aliphatic heterocycles. The van der Waals surface area contributed by atoms with E-state index in [1.807, 2.05) is 5.10 Å². The third-order valence-corrected chi connectivity index (χ3v) is 6.58. The lowest BCUT2D eigenvalue weighted by Crippen LogP contribution is -2.63.